The maximum Gasteiger partial charge on any atom is 0.242 e. The van der Waals surface area contributed by atoms with Crippen LogP contribution in [0.2, 0.25) is 0 Å². The van der Waals surface area contributed by atoms with Crippen LogP contribution in [-0.2, 0) is 9.59 Å². The van der Waals surface area contributed by atoms with Gasteiger partial charge < -0.3 is 9.80 Å². The molecule has 1 aromatic rings. The number of hydrogen-bond donors (Lipinski definition) is 0. The first kappa shape index (κ1) is 13.2. The van der Waals surface area contributed by atoms with E-state index >= 15 is 0 Å². The number of aryl methyl sites for hydroxylation is 1. The van der Waals surface area contributed by atoms with Crippen molar-refractivity contribution in [2.24, 2.45) is 0 Å². The van der Waals surface area contributed by atoms with Gasteiger partial charge in [-0.05, 0) is 18.6 Å². The van der Waals surface area contributed by atoms with Gasteiger partial charge in [-0.2, -0.15) is 0 Å². The van der Waals surface area contributed by atoms with E-state index in [1.54, 1.807) is 14.1 Å². The number of para-hydroxylation sites is 1. The number of likely N-dealkylation sites (N-methyl/N-ethyl adjacent to an activating group) is 1. The summed E-state index contributed by atoms with van der Waals surface area (Å²) in [7, 11) is 3.36. The van der Waals surface area contributed by atoms with Crippen LogP contribution in [0, 0.1) is 6.92 Å². The molecule has 0 heterocycles. The normalized spacial score (nSPS) is 9.88. The smallest absolute Gasteiger partial charge is 0.242 e. The molecule has 2 amide bonds. The summed E-state index contributed by atoms with van der Waals surface area (Å²) in [4.78, 5) is 26.3. The van der Waals surface area contributed by atoms with Gasteiger partial charge in [-0.25, -0.2) is 0 Å². The molecule has 0 N–H and O–H groups in total. The van der Waals surface area contributed by atoms with Crippen molar-refractivity contribution in [2.75, 3.05) is 25.5 Å². The lowest BCUT2D eigenvalue weighted by Crippen LogP contribution is -2.39. The summed E-state index contributed by atoms with van der Waals surface area (Å²) in [6.07, 6.45) is 0. The molecule has 0 aliphatic carbocycles. The number of hydrogen-bond acceptors (Lipinski definition) is 2. The molecule has 0 atom stereocenters. The van der Waals surface area contributed by atoms with Crippen LogP contribution in [0.1, 0.15) is 12.5 Å². The van der Waals surface area contributed by atoms with Crippen molar-refractivity contribution in [3.63, 3.8) is 0 Å². The van der Waals surface area contributed by atoms with Crippen molar-refractivity contribution in [2.45, 2.75) is 13.8 Å². The molecule has 0 spiro atoms. The number of benzene rings is 1. The van der Waals surface area contributed by atoms with Gasteiger partial charge in [0.15, 0.2) is 0 Å². The second kappa shape index (κ2) is 5.48. The van der Waals surface area contributed by atoms with E-state index in [2.05, 4.69) is 0 Å². The molecule has 1 rings (SSSR count). The van der Waals surface area contributed by atoms with Crippen LogP contribution in [0.5, 0.6) is 0 Å². The van der Waals surface area contributed by atoms with Gasteiger partial charge in [-0.15, -0.1) is 0 Å². The summed E-state index contributed by atoms with van der Waals surface area (Å²) in [5, 5.41) is 0. The molecule has 0 saturated carbocycles. The Bertz CT molecular complexity index is 427. The minimum absolute atomic E-state index is 0.0766. The molecule has 17 heavy (non-hydrogen) atoms. The maximum absolute atomic E-state index is 11.7. The highest BCUT2D eigenvalue weighted by molar-refractivity contribution is 5.97. The van der Waals surface area contributed by atoms with E-state index in [1.807, 2.05) is 31.2 Å². The largest absolute Gasteiger partial charge is 0.347 e. The van der Waals surface area contributed by atoms with Crippen molar-refractivity contribution >= 4 is 17.5 Å². The summed E-state index contributed by atoms with van der Waals surface area (Å²) < 4.78 is 0. The van der Waals surface area contributed by atoms with Gasteiger partial charge in [-0.1, -0.05) is 18.2 Å². The second-order valence-electron chi connectivity index (χ2n) is 4.18. The molecule has 0 radical (unpaired) electrons. The molecular weight excluding hydrogens is 216 g/mol. The Kier molecular flexibility index (Phi) is 4.26. The lowest BCUT2D eigenvalue weighted by atomic mass is 10.2. The van der Waals surface area contributed by atoms with Gasteiger partial charge in [0.1, 0.15) is 6.54 Å². The molecule has 92 valence electrons. The zero-order valence-corrected chi connectivity index (χ0v) is 10.7. The number of carbonyl (C=O) groups is 2. The van der Waals surface area contributed by atoms with Gasteiger partial charge in [0.25, 0.3) is 0 Å². The number of amides is 2. The minimum Gasteiger partial charge on any atom is -0.347 e. The van der Waals surface area contributed by atoms with E-state index in [9.17, 15) is 9.59 Å². The lowest BCUT2D eigenvalue weighted by Gasteiger charge is -2.24. The zero-order chi connectivity index (χ0) is 13.0. The quantitative estimate of drug-likeness (QED) is 0.794. The third-order valence-electron chi connectivity index (χ3n) is 2.58. The van der Waals surface area contributed by atoms with Crippen LogP contribution in [0.25, 0.3) is 0 Å². The Morgan fingerprint density at radius 1 is 1.18 bits per heavy atom. The first-order valence-electron chi connectivity index (χ1n) is 5.47. The number of anilines is 1. The monoisotopic (exact) mass is 234 g/mol. The van der Waals surface area contributed by atoms with Crippen molar-refractivity contribution in [3.8, 4) is 0 Å². The maximum atomic E-state index is 11.7. The standard InChI is InChI=1S/C13H18N2O2/c1-10-7-5-6-8-12(10)15(11(2)16)9-13(17)14(3)4/h5-8H,9H2,1-4H3. The topological polar surface area (TPSA) is 40.6 Å². The molecule has 0 aromatic heterocycles. The Labute approximate surface area is 102 Å². The van der Waals surface area contributed by atoms with Crippen molar-refractivity contribution in [1.82, 2.24) is 4.90 Å². The summed E-state index contributed by atoms with van der Waals surface area (Å²) in [6, 6.07) is 7.54. The van der Waals surface area contributed by atoms with Gasteiger partial charge >= 0.3 is 0 Å². The summed E-state index contributed by atoms with van der Waals surface area (Å²) in [5.74, 6) is -0.224. The highest BCUT2D eigenvalue weighted by atomic mass is 16.2. The van der Waals surface area contributed by atoms with Crippen LogP contribution >= 0.6 is 0 Å². The molecule has 4 heteroatoms. The Balaban J connectivity index is 2.99. The van der Waals surface area contributed by atoms with Gasteiger partial charge in [0.05, 0.1) is 0 Å². The molecule has 0 aliphatic heterocycles. The molecule has 0 fully saturated rings. The van der Waals surface area contributed by atoms with Crippen LogP contribution in [-0.4, -0.2) is 37.4 Å². The lowest BCUT2D eigenvalue weighted by molar-refractivity contribution is -0.129. The highest BCUT2D eigenvalue weighted by Crippen LogP contribution is 2.19. The number of rotatable bonds is 3. The average molecular weight is 234 g/mol. The molecule has 0 aliphatic rings. The summed E-state index contributed by atoms with van der Waals surface area (Å²) >= 11 is 0. The third-order valence-corrected chi connectivity index (χ3v) is 2.58. The SMILES string of the molecule is CC(=O)N(CC(=O)N(C)C)c1ccccc1C. The Hall–Kier alpha value is -1.84. The fraction of sp³-hybridized carbons (Fsp3) is 0.385. The molecule has 0 saturated heterocycles. The van der Waals surface area contributed by atoms with Gasteiger partial charge in [0.2, 0.25) is 11.8 Å². The first-order valence-corrected chi connectivity index (χ1v) is 5.47. The van der Waals surface area contributed by atoms with Crippen molar-refractivity contribution < 1.29 is 9.59 Å². The third kappa shape index (κ3) is 3.31. The van der Waals surface area contributed by atoms with Crippen LogP contribution < -0.4 is 4.90 Å². The van der Waals surface area contributed by atoms with Crippen LogP contribution in [0.4, 0.5) is 5.69 Å². The molecule has 4 nitrogen and oxygen atoms in total. The summed E-state index contributed by atoms with van der Waals surface area (Å²) in [6.45, 7) is 3.47. The molecule has 1 aromatic carbocycles. The predicted octanol–water partition coefficient (Wildman–Crippen LogP) is 1.44. The van der Waals surface area contributed by atoms with E-state index < -0.39 is 0 Å². The van der Waals surface area contributed by atoms with E-state index in [-0.39, 0.29) is 18.4 Å². The van der Waals surface area contributed by atoms with E-state index in [0.717, 1.165) is 11.3 Å². The fourth-order valence-corrected chi connectivity index (χ4v) is 1.51. The number of carbonyl (C=O) groups excluding carboxylic acids is 2. The minimum atomic E-state index is -0.130. The Morgan fingerprint density at radius 2 is 1.76 bits per heavy atom. The molecule has 0 bridgehead atoms. The summed E-state index contributed by atoms with van der Waals surface area (Å²) in [5.41, 5.74) is 1.77. The van der Waals surface area contributed by atoms with E-state index in [1.165, 1.54) is 16.7 Å². The highest BCUT2D eigenvalue weighted by Gasteiger charge is 2.17. The van der Waals surface area contributed by atoms with Gasteiger partial charge in [-0.3, -0.25) is 9.59 Å². The zero-order valence-electron chi connectivity index (χ0n) is 10.7. The van der Waals surface area contributed by atoms with Crippen LogP contribution in [0.15, 0.2) is 24.3 Å². The Morgan fingerprint density at radius 3 is 2.24 bits per heavy atom. The van der Waals surface area contributed by atoms with E-state index in [4.69, 9.17) is 0 Å². The number of nitrogens with zero attached hydrogens (tertiary/aromatic N) is 2. The first-order chi connectivity index (χ1) is 7.93. The average Bonchev–Trinajstić information content (AvgIpc) is 2.26. The second-order valence-corrected chi connectivity index (χ2v) is 4.18. The molecule has 0 unspecified atom stereocenters. The fourth-order valence-electron chi connectivity index (χ4n) is 1.51. The van der Waals surface area contributed by atoms with Crippen molar-refractivity contribution in [3.05, 3.63) is 29.8 Å². The van der Waals surface area contributed by atoms with Crippen LogP contribution in [0.3, 0.4) is 0 Å². The van der Waals surface area contributed by atoms with E-state index in [0.29, 0.717) is 0 Å². The van der Waals surface area contributed by atoms with Gasteiger partial charge in [0, 0.05) is 26.7 Å². The van der Waals surface area contributed by atoms with Crippen molar-refractivity contribution in [1.29, 1.82) is 0 Å². The predicted molar refractivity (Wildman–Crippen MR) is 67.9 cm³/mol. The molecular formula is C13H18N2O2.